The van der Waals surface area contributed by atoms with Crippen molar-refractivity contribution < 1.29 is 9.53 Å². The van der Waals surface area contributed by atoms with E-state index >= 15 is 0 Å². The van der Waals surface area contributed by atoms with Crippen molar-refractivity contribution in [2.24, 2.45) is 0 Å². The summed E-state index contributed by atoms with van der Waals surface area (Å²) < 4.78 is 7.18. The summed E-state index contributed by atoms with van der Waals surface area (Å²) in [6, 6.07) is 2.16. The molecule has 0 aromatic carbocycles. The van der Waals surface area contributed by atoms with Gasteiger partial charge in [0.2, 0.25) is 5.88 Å². The molecular formula is C19H20ClN5O2. The first kappa shape index (κ1) is 17.9. The van der Waals surface area contributed by atoms with Crippen LogP contribution in [-0.4, -0.2) is 51.3 Å². The molecule has 0 aliphatic carbocycles. The van der Waals surface area contributed by atoms with Crippen molar-refractivity contribution in [1.29, 1.82) is 0 Å². The van der Waals surface area contributed by atoms with E-state index in [1.165, 1.54) is 0 Å². The predicted octanol–water partition coefficient (Wildman–Crippen LogP) is 3.29. The maximum atomic E-state index is 11.0. The summed E-state index contributed by atoms with van der Waals surface area (Å²) in [5, 5.41) is 6.61. The molecule has 1 aliphatic heterocycles. The Kier molecular flexibility index (Phi) is 4.57. The highest BCUT2D eigenvalue weighted by atomic mass is 35.5. The van der Waals surface area contributed by atoms with Gasteiger partial charge in [0, 0.05) is 42.0 Å². The van der Waals surface area contributed by atoms with Gasteiger partial charge in [-0.2, -0.15) is 5.10 Å². The molecule has 0 unspecified atom stereocenters. The number of likely N-dealkylation sites (N-methyl/N-ethyl adjacent to an activating group) is 1. The number of aromatic nitrogens is 4. The second-order valence-corrected chi connectivity index (χ2v) is 7.57. The summed E-state index contributed by atoms with van der Waals surface area (Å²) in [6.45, 7) is 6.39. The van der Waals surface area contributed by atoms with E-state index < -0.39 is 0 Å². The van der Waals surface area contributed by atoms with Crippen molar-refractivity contribution in [3.05, 3.63) is 35.4 Å². The number of carbonyl (C=O) groups is 1. The van der Waals surface area contributed by atoms with Gasteiger partial charge in [-0.05, 0) is 24.4 Å². The predicted molar refractivity (Wildman–Crippen MR) is 103 cm³/mol. The molecule has 27 heavy (non-hydrogen) atoms. The van der Waals surface area contributed by atoms with Crippen molar-refractivity contribution >= 4 is 28.8 Å². The fraction of sp³-hybridized carbons (Fsp3) is 0.368. The number of carbonyl (C=O) groups excluding carboxylic acids is 1. The minimum absolute atomic E-state index is 0.0932. The van der Waals surface area contributed by atoms with Gasteiger partial charge < -0.3 is 9.64 Å². The van der Waals surface area contributed by atoms with Gasteiger partial charge in [0.05, 0.1) is 17.9 Å². The number of halogens is 1. The molecule has 3 aromatic rings. The van der Waals surface area contributed by atoms with Gasteiger partial charge >= 0.3 is 0 Å². The Morgan fingerprint density at radius 3 is 2.74 bits per heavy atom. The van der Waals surface area contributed by atoms with Gasteiger partial charge in [0.15, 0.2) is 0 Å². The topological polar surface area (TPSA) is 73.1 Å². The Labute approximate surface area is 161 Å². The van der Waals surface area contributed by atoms with Crippen LogP contribution >= 0.6 is 11.6 Å². The zero-order valence-electron chi connectivity index (χ0n) is 15.4. The molecule has 0 N–H and O–H groups in total. The lowest BCUT2D eigenvalue weighted by molar-refractivity contribution is -0.121. The molecule has 0 spiro atoms. The largest absolute Gasteiger partial charge is 0.409 e. The summed E-state index contributed by atoms with van der Waals surface area (Å²) in [5.74, 6) is 0.386. The number of pyridine rings is 2. The van der Waals surface area contributed by atoms with Crippen LogP contribution < -0.4 is 4.74 Å². The molecule has 0 atom stereocenters. The highest BCUT2D eigenvalue weighted by Crippen LogP contribution is 2.38. The molecule has 1 fully saturated rings. The lowest BCUT2D eigenvalue weighted by Gasteiger charge is -2.36. The minimum atomic E-state index is 0.0932. The monoisotopic (exact) mass is 385 g/mol. The molecule has 0 bridgehead atoms. The first-order chi connectivity index (χ1) is 13.0. The first-order valence-electron chi connectivity index (χ1n) is 8.80. The summed E-state index contributed by atoms with van der Waals surface area (Å²) in [5.41, 5.74) is 2.36. The number of hydrogen-bond acceptors (Lipinski definition) is 6. The molecular weight excluding hydrogens is 366 g/mol. The third-order valence-corrected chi connectivity index (χ3v) is 5.10. The minimum Gasteiger partial charge on any atom is -0.409 e. The van der Waals surface area contributed by atoms with Gasteiger partial charge in [0.1, 0.15) is 5.15 Å². The van der Waals surface area contributed by atoms with Gasteiger partial charge in [-0.1, -0.05) is 25.4 Å². The second-order valence-electron chi connectivity index (χ2n) is 7.18. The van der Waals surface area contributed by atoms with Crippen LogP contribution in [0.1, 0.15) is 31.4 Å². The van der Waals surface area contributed by atoms with Crippen LogP contribution in [0.5, 0.6) is 5.88 Å². The number of hydrogen-bond donors (Lipinski definition) is 0. The molecule has 4 rings (SSSR count). The van der Waals surface area contributed by atoms with Gasteiger partial charge in [-0.25, -0.2) is 9.97 Å². The summed E-state index contributed by atoms with van der Waals surface area (Å²) in [7, 11) is 2.08. The highest BCUT2D eigenvalue weighted by Gasteiger charge is 2.26. The maximum absolute atomic E-state index is 11.0. The fourth-order valence-corrected chi connectivity index (χ4v) is 3.74. The third kappa shape index (κ3) is 3.17. The zero-order valence-corrected chi connectivity index (χ0v) is 16.1. The standard InChI is InChI=1S/C19H20ClN5O2/c1-11(2)17-14-4-16(20)21-6-15(14)18(23-19(17)27-10-26)12-5-22-25(7-12)13-8-24(3)9-13/h4-7,10-11,13H,8-9H2,1-3H3. The number of fused-ring (bicyclic) bond motifs is 1. The third-order valence-electron chi connectivity index (χ3n) is 4.89. The normalized spacial score (nSPS) is 15.3. The number of rotatable bonds is 5. The molecule has 1 saturated heterocycles. The van der Waals surface area contributed by atoms with Crippen LogP contribution in [0.2, 0.25) is 5.15 Å². The maximum Gasteiger partial charge on any atom is 0.299 e. The molecule has 0 radical (unpaired) electrons. The number of ether oxygens (including phenoxy) is 1. The van der Waals surface area contributed by atoms with E-state index in [1.807, 2.05) is 24.7 Å². The van der Waals surface area contributed by atoms with Crippen molar-refractivity contribution in [1.82, 2.24) is 24.6 Å². The van der Waals surface area contributed by atoms with Crippen LogP contribution in [0.25, 0.3) is 22.0 Å². The van der Waals surface area contributed by atoms with Crippen LogP contribution in [-0.2, 0) is 4.79 Å². The molecule has 1 aliphatic rings. The first-order valence-corrected chi connectivity index (χ1v) is 9.18. The van der Waals surface area contributed by atoms with E-state index in [0.29, 0.717) is 29.2 Å². The number of nitrogens with zero attached hydrogens (tertiary/aromatic N) is 5. The summed E-state index contributed by atoms with van der Waals surface area (Å²) >= 11 is 6.15. The molecule has 3 aromatic heterocycles. The van der Waals surface area contributed by atoms with Crippen LogP contribution in [0.3, 0.4) is 0 Å². The molecule has 7 nitrogen and oxygen atoms in total. The van der Waals surface area contributed by atoms with E-state index in [0.717, 1.165) is 35.0 Å². The lowest BCUT2D eigenvalue weighted by atomic mass is 9.96. The Balaban J connectivity index is 1.90. The van der Waals surface area contributed by atoms with Crippen LogP contribution in [0.4, 0.5) is 0 Å². The second kappa shape index (κ2) is 6.90. The summed E-state index contributed by atoms with van der Waals surface area (Å²) in [6.07, 6.45) is 5.48. The lowest BCUT2D eigenvalue weighted by Crippen LogP contribution is -2.45. The summed E-state index contributed by atoms with van der Waals surface area (Å²) in [4.78, 5) is 22.2. The van der Waals surface area contributed by atoms with E-state index in [1.54, 1.807) is 18.5 Å². The van der Waals surface area contributed by atoms with Crippen molar-refractivity contribution in [3.8, 4) is 17.1 Å². The quantitative estimate of drug-likeness (QED) is 0.495. The van der Waals surface area contributed by atoms with E-state index in [-0.39, 0.29) is 5.92 Å². The van der Waals surface area contributed by atoms with E-state index in [9.17, 15) is 4.79 Å². The van der Waals surface area contributed by atoms with Crippen LogP contribution in [0.15, 0.2) is 24.7 Å². The Morgan fingerprint density at radius 2 is 2.07 bits per heavy atom. The van der Waals surface area contributed by atoms with Gasteiger partial charge in [-0.15, -0.1) is 0 Å². The van der Waals surface area contributed by atoms with Gasteiger partial charge in [0.25, 0.3) is 6.47 Å². The van der Waals surface area contributed by atoms with E-state index in [2.05, 4.69) is 27.0 Å². The molecule has 8 heteroatoms. The molecule has 140 valence electrons. The van der Waals surface area contributed by atoms with Crippen molar-refractivity contribution in [2.45, 2.75) is 25.8 Å². The Bertz CT molecular complexity index is 1010. The molecule has 0 amide bonds. The Hall–Kier alpha value is -2.51. The Morgan fingerprint density at radius 1 is 1.30 bits per heavy atom. The van der Waals surface area contributed by atoms with Gasteiger partial charge in [-0.3, -0.25) is 9.48 Å². The SMILES string of the molecule is CC(C)c1c(OC=O)nc(-c2cnn(C3CN(C)C3)c2)c2cnc(Cl)cc12. The van der Waals surface area contributed by atoms with Crippen LogP contribution in [0, 0.1) is 0 Å². The fourth-order valence-electron chi connectivity index (χ4n) is 3.59. The molecule has 4 heterocycles. The van der Waals surface area contributed by atoms with Crippen molar-refractivity contribution in [2.75, 3.05) is 20.1 Å². The average Bonchev–Trinajstić information content (AvgIpc) is 3.07. The van der Waals surface area contributed by atoms with E-state index in [4.69, 9.17) is 16.3 Å². The average molecular weight is 386 g/mol. The highest BCUT2D eigenvalue weighted by molar-refractivity contribution is 6.30. The molecule has 0 saturated carbocycles. The zero-order chi connectivity index (χ0) is 19.1. The van der Waals surface area contributed by atoms with Crippen molar-refractivity contribution in [3.63, 3.8) is 0 Å². The smallest absolute Gasteiger partial charge is 0.299 e. The number of likely N-dealkylation sites (tertiary alicyclic amines) is 1.